The van der Waals surface area contributed by atoms with Crippen molar-refractivity contribution in [1.82, 2.24) is 19.7 Å². The molecule has 1 atom stereocenters. The quantitative estimate of drug-likeness (QED) is 0.667. The summed E-state index contributed by atoms with van der Waals surface area (Å²) in [7, 11) is 1.85. The molecule has 29 heavy (non-hydrogen) atoms. The number of aryl methyl sites for hydroxylation is 1. The summed E-state index contributed by atoms with van der Waals surface area (Å²) < 4.78 is 1.84. The highest BCUT2D eigenvalue weighted by Gasteiger charge is 2.27. The number of carbonyl (C=O) groups excluding carboxylic acids is 2. The zero-order chi connectivity index (χ0) is 20.8. The molecule has 1 aromatic heterocycles. The molecule has 1 saturated heterocycles. The topological polar surface area (TPSA) is 94.1 Å². The number of hydrogen-bond acceptors (Lipinski definition) is 5. The highest BCUT2D eigenvalue weighted by molar-refractivity contribution is 8.00. The Morgan fingerprint density at radius 3 is 2.55 bits per heavy atom. The standard InChI is InChI=1S/C21H29N5O2S/c1-15(29-21-24-23-19(25(21)2)9-8-18(22)27)20(28)26-12-10-17(11-13-26)14-16-6-4-3-5-7-16/h3-7,15,17H,8-14H2,1-2H3,(H2,22,27)/t15-/m0/s1. The number of nitrogens with zero attached hydrogens (tertiary/aromatic N) is 4. The first-order valence-corrected chi connectivity index (χ1v) is 11.0. The third kappa shape index (κ3) is 5.82. The van der Waals surface area contributed by atoms with Crippen LogP contribution in [0, 0.1) is 5.92 Å². The third-order valence-electron chi connectivity index (χ3n) is 5.44. The summed E-state index contributed by atoms with van der Waals surface area (Å²) in [5.41, 5.74) is 6.57. The van der Waals surface area contributed by atoms with Crippen molar-refractivity contribution < 1.29 is 9.59 Å². The Bertz CT molecular complexity index is 831. The second kappa shape index (κ2) is 9.91. The Labute approximate surface area is 176 Å². The molecular formula is C21H29N5O2S. The first kappa shape index (κ1) is 21.4. The van der Waals surface area contributed by atoms with Crippen molar-refractivity contribution in [3.8, 4) is 0 Å². The minimum atomic E-state index is -0.360. The number of amides is 2. The van der Waals surface area contributed by atoms with Crippen molar-refractivity contribution in [2.75, 3.05) is 13.1 Å². The SMILES string of the molecule is C[C@H](Sc1nnc(CCC(N)=O)n1C)C(=O)N1CCC(Cc2ccccc2)CC1. The van der Waals surface area contributed by atoms with Crippen molar-refractivity contribution in [2.45, 2.75) is 49.4 Å². The Morgan fingerprint density at radius 2 is 1.90 bits per heavy atom. The summed E-state index contributed by atoms with van der Waals surface area (Å²) >= 11 is 1.41. The number of primary amides is 1. The van der Waals surface area contributed by atoms with E-state index < -0.39 is 0 Å². The third-order valence-corrected chi connectivity index (χ3v) is 6.56. The van der Waals surface area contributed by atoms with Crippen LogP contribution in [-0.4, -0.2) is 49.8 Å². The maximum atomic E-state index is 12.9. The zero-order valence-corrected chi connectivity index (χ0v) is 17.9. The summed E-state index contributed by atoms with van der Waals surface area (Å²) in [6.07, 6.45) is 3.86. The van der Waals surface area contributed by atoms with E-state index >= 15 is 0 Å². The monoisotopic (exact) mass is 415 g/mol. The van der Waals surface area contributed by atoms with E-state index in [2.05, 4.69) is 34.5 Å². The van der Waals surface area contributed by atoms with Crippen molar-refractivity contribution in [2.24, 2.45) is 18.7 Å². The van der Waals surface area contributed by atoms with Crippen LogP contribution >= 0.6 is 11.8 Å². The van der Waals surface area contributed by atoms with Gasteiger partial charge >= 0.3 is 0 Å². The molecule has 2 aromatic rings. The highest BCUT2D eigenvalue weighted by atomic mass is 32.2. The van der Waals surface area contributed by atoms with E-state index in [9.17, 15) is 9.59 Å². The normalized spacial score (nSPS) is 16.0. The Morgan fingerprint density at radius 1 is 1.21 bits per heavy atom. The fraction of sp³-hybridized carbons (Fsp3) is 0.524. The fourth-order valence-electron chi connectivity index (χ4n) is 3.67. The molecule has 0 aliphatic carbocycles. The number of likely N-dealkylation sites (tertiary alicyclic amines) is 1. The predicted octanol–water partition coefficient (Wildman–Crippen LogP) is 2.19. The van der Waals surface area contributed by atoms with E-state index in [1.807, 2.05) is 29.5 Å². The lowest BCUT2D eigenvalue weighted by Gasteiger charge is -2.33. The number of nitrogens with two attached hydrogens (primary N) is 1. The van der Waals surface area contributed by atoms with Crippen LogP contribution in [0.4, 0.5) is 0 Å². The number of hydrogen-bond donors (Lipinski definition) is 1. The molecule has 0 spiro atoms. The molecule has 0 saturated carbocycles. The van der Waals surface area contributed by atoms with Gasteiger partial charge in [-0.25, -0.2) is 0 Å². The van der Waals surface area contributed by atoms with Crippen molar-refractivity contribution in [3.05, 3.63) is 41.7 Å². The van der Waals surface area contributed by atoms with Gasteiger partial charge in [0.25, 0.3) is 0 Å². The van der Waals surface area contributed by atoms with E-state index in [4.69, 9.17) is 5.73 Å². The molecule has 0 radical (unpaired) electrons. The molecule has 1 aromatic carbocycles. The molecule has 0 bridgehead atoms. The number of thioether (sulfide) groups is 1. The number of rotatable bonds is 8. The van der Waals surface area contributed by atoms with Crippen molar-refractivity contribution >= 4 is 23.6 Å². The van der Waals surface area contributed by atoms with Crippen LogP contribution in [0.2, 0.25) is 0 Å². The summed E-state index contributed by atoms with van der Waals surface area (Å²) in [5, 5.41) is 8.75. The molecule has 156 valence electrons. The van der Waals surface area contributed by atoms with E-state index in [-0.39, 0.29) is 23.5 Å². The van der Waals surface area contributed by atoms with Crippen LogP contribution in [0.1, 0.15) is 37.6 Å². The van der Waals surface area contributed by atoms with Crippen LogP contribution in [-0.2, 0) is 29.5 Å². The van der Waals surface area contributed by atoms with Gasteiger partial charge in [-0.05, 0) is 37.7 Å². The van der Waals surface area contributed by atoms with Crippen LogP contribution < -0.4 is 5.73 Å². The zero-order valence-electron chi connectivity index (χ0n) is 17.1. The maximum Gasteiger partial charge on any atom is 0.235 e. The molecule has 2 amide bonds. The first-order valence-electron chi connectivity index (χ1n) is 10.1. The lowest BCUT2D eigenvalue weighted by Crippen LogP contribution is -2.42. The lowest BCUT2D eigenvalue weighted by atomic mass is 9.90. The van der Waals surface area contributed by atoms with E-state index in [0.717, 1.165) is 32.4 Å². The van der Waals surface area contributed by atoms with Crippen molar-refractivity contribution in [3.63, 3.8) is 0 Å². The van der Waals surface area contributed by atoms with Gasteiger partial charge < -0.3 is 15.2 Å². The van der Waals surface area contributed by atoms with Gasteiger partial charge in [0, 0.05) is 33.0 Å². The van der Waals surface area contributed by atoms with Gasteiger partial charge in [0.2, 0.25) is 11.8 Å². The van der Waals surface area contributed by atoms with Crippen LogP contribution in [0.3, 0.4) is 0 Å². The summed E-state index contributed by atoms with van der Waals surface area (Å²) in [4.78, 5) is 25.8. The number of aromatic nitrogens is 3. The van der Waals surface area contributed by atoms with Gasteiger partial charge in [0.15, 0.2) is 5.16 Å². The van der Waals surface area contributed by atoms with Crippen LogP contribution in [0.25, 0.3) is 0 Å². The molecule has 1 fully saturated rings. The largest absolute Gasteiger partial charge is 0.370 e. The average molecular weight is 416 g/mol. The Kier molecular flexibility index (Phi) is 7.30. The molecule has 0 unspecified atom stereocenters. The molecule has 2 heterocycles. The maximum absolute atomic E-state index is 12.9. The molecule has 1 aliphatic rings. The molecular weight excluding hydrogens is 386 g/mol. The van der Waals surface area contributed by atoms with E-state index in [1.165, 1.54) is 17.3 Å². The van der Waals surface area contributed by atoms with Crippen LogP contribution in [0.15, 0.2) is 35.5 Å². The minimum absolute atomic E-state index is 0.148. The van der Waals surface area contributed by atoms with E-state index in [0.29, 0.717) is 23.3 Å². The van der Waals surface area contributed by atoms with Gasteiger partial charge in [0.1, 0.15) is 5.82 Å². The van der Waals surface area contributed by atoms with Crippen molar-refractivity contribution in [1.29, 1.82) is 0 Å². The molecule has 3 rings (SSSR count). The van der Waals surface area contributed by atoms with Gasteiger partial charge in [-0.3, -0.25) is 9.59 Å². The Balaban J connectivity index is 1.49. The molecule has 7 nitrogen and oxygen atoms in total. The first-order chi connectivity index (χ1) is 13.9. The summed E-state index contributed by atoms with van der Waals surface area (Å²) in [5.74, 6) is 1.12. The smallest absolute Gasteiger partial charge is 0.235 e. The second-order valence-electron chi connectivity index (χ2n) is 7.64. The van der Waals surface area contributed by atoms with Gasteiger partial charge in [-0.2, -0.15) is 0 Å². The molecule has 1 aliphatic heterocycles. The number of benzene rings is 1. The van der Waals surface area contributed by atoms with Gasteiger partial charge in [0.05, 0.1) is 5.25 Å². The lowest BCUT2D eigenvalue weighted by molar-refractivity contribution is -0.131. The highest BCUT2D eigenvalue weighted by Crippen LogP contribution is 2.26. The van der Waals surface area contributed by atoms with Gasteiger partial charge in [-0.15, -0.1) is 10.2 Å². The number of carbonyl (C=O) groups is 2. The summed E-state index contributed by atoms with van der Waals surface area (Å²) in [6.45, 7) is 3.54. The number of piperidine rings is 1. The fourth-order valence-corrected chi connectivity index (χ4v) is 4.59. The summed E-state index contributed by atoms with van der Waals surface area (Å²) in [6, 6.07) is 10.6. The van der Waals surface area contributed by atoms with Crippen LogP contribution in [0.5, 0.6) is 0 Å². The minimum Gasteiger partial charge on any atom is -0.370 e. The predicted molar refractivity (Wildman–Crippen MR) is 113 cm³/mol. The molecule has 2 N–H and O–H groups in total. The average Bonchev–Trinajstić information content (AvgIpc) is 3.06. The van der Waals surface area contributed by atoms with Gasteiger partial charge in [-0.1, -0.05) is 42.1 Å². The Hall–Kier alpha value is -2.35. The molecule has 8 heteroatoms. The second-order valence-corrected chi connectivity index (χ2v) is 8.95. The van der Waals surface area contributed by atoms with E-state index in [1.54, 1.807) is 0 Å².